The average molecular weight is 259 g/mol. The van der Waals surface area contributed by atoms with Crippen molar-refractivity contribution in [1.29, 1.82) is 10.5 Å². The highest BCUT2D eigenvalue weighted by Gasteiger charge is 2.45. The Kier molecular flexibility index (Phi) is 3.90. The van der Waals surface area contributed by atoms with Gasteiger partial charge in [-0.1, -0.05) is 36.8 Å². The number of nitrogens with zero attached hydrogens (tertiary/aromatic N) is 2. The molecule has 18 heavy (non-hydrogen) atoms. The van der Waals surface area contributed by atoms with E-state index >= 15 is 0 Å². The Balaban J connectivity index is 2.28. The summed E-state index contributed by atoms with van der Waals surface area (Å²) in [6, 6.07) is 14.2. The minimum absolute atomic E-state index is 0.0191. The van der Waals surface area contributed by atoms with Crippen molar-refractivity contribution in [2.24, 2.45) is 11.3 Å². The monoisotopic (exact) mass is 258 g/mol. The van der Waals surface area contributed by atoms with Crippen molar-refractivity contribution in [2.45, 2.75) is 31.1 Å². The van der Waals surface area contributed by atoms with E-state index in [1.807, 2.05) is 30.3 Å². The highest BCUT2D eigenvalue weighted by molar-refractivity contribution is 6.21. The SMILES string of the molecule is N#CC(C#N)(Cc1ccccc1)[C@@H]1CCC[C@H]1Cl. The standard InChI is InChI=1S/C15H15ClN2/c16-14-8-4-7-13(14)15(10-17,11-18)9-12-5-2-1-3-6-12/h1-3,5-6,13-14H,4,7-9H2/t13-,14-/m1/s1. The molecule has 0 unspecified atom stereocenters. The molecular weight excluding hydrogens is 244 g/mol. The number of hydrogen-bond donors (Lipinski definition) is 0. The van der Waals surface area contributed by atoms with Gasteiger partial charge in [-0.25, -0.2) is 0 Å². The van der Waals surface area contributed by atoms with Crippen LogP contribution in [-0.4, -0.2) is 5.38 Å². The Morgan fingerprint density at radius 3 is 2.33 bits per heavy atom. The molecule has 0 N–H and O–H groups in total. The number of benzene rings is 1. The van der Waals surface area contributed by atoms with Crippen molar-refractivity contribution in [2.75, 3.05) is 0 Å². The lowest BCUT2D eigenvalue weighted by atomic mass is 9.72. The Labute approximate surface area is 113 Å². The molecule has 1 saturated carbocycles. The van der Waals surface area contributed by atoms with Gasteiger partial charge in [0.25, 0.3) is 0 Å². The predicted octanol–water partition coefficient (Wildman–Crippen LogP) is 3.67. The molecule has 1 aromatic carbocycles. The van der Waals surface area contributed by atoms with Crippen molar-refractivity contribution in [3.63, 3.8) is 0 Å². The van der Waals surface area contributed by atoms with Crippen LogP contribution in [0.15, 0.2) is 30.3 Å². The van der Waals surface area contributed by atoms with Gasteiger partial charge < -0.3 is 0 Å². The van der Waals surface area contributed by atoms with Gasteiger partial charge in [0.15, 0.2) is 5.41 Å². The van der Waals surface area contributed by atoms with E-state index in [2.05, 4.69) is 12.1 Å². The zero-order chi connectivity index (χ0) is 13.0. The molecule has 0 saturated heterocycles. The Hall–Kier alpha value is -1.51. The Morgan fingerprint density at radius 1 is 1.17 bits per heavy atom. The maximum Gasteiger partial charge on any atom is 0.152 e. The predicted molar refractivity (Wildman–Crippen MR) is 70.8 cm³/mol. The summed E-state index contributed by atoms with van der Waals surface area (Å²) in [6.07, 6.45) is 3.27. The third-order valence-electron chi connectivity index (χ3n) is 3.79. The summed E-state index contributed by atoms with van der Waals surface area (Å²) in [5, 5.41) is 18.9. The van der Waals surface area contributed by atoms with E-state index in [0.29, 0.717) is 6.42 Å². The molecule has 2 nitrogen and oxygen atoms in total. The summed E-state index contributed by atoms with van der Waals surface area (Å²) < 4.78 is 0. The first-order valence-electron chi connectivity index (χ1n) is 6.22. The minimum Gasteiger partial charge on any atom is -0.197 e. The van der Waals surface area contributed by atoms with E-state index < -0.39 is 5.41 Å². The summed E-state index contributed by atoms with van der Waals surface area (Å²) in [5.74, 6) is -0.0191. The first kappa shape index (κ1) is 12.9. The summed E-state index contributed by atoms with van der Waals surface area (Å²) in [7, 11) is 0. The lowest BCUT2D eigenvalue weighted by Gasteiger charge is -2.28. The van der Waals surface area contributed by atoms with Crippen molar-refractivity contribution in [1.82, 2.24) is 0 Å². The molecule has 0 aliphatic heterocycles. The van der Waals surface area contributed by atoms with Crippen molar-refractivity contribution >= 4 is 11.6 Å². The van der Waals surface area contributed by atoms with Crippen LogP contribution < -0.4 is 0 Å². The van der Waals surface area contributed by atoms with Gasteiger partial charge in [-0.15, -0.1) is 11.6 Å². The van der Waals surface area contributed by atoms with E-state index in [0.717, 1.165) is 24.8 Å². The van der Waals surface area contributed by atoms with E-state index in [9.17, 15) is 10.5 Å². The van der Waals surface area contributed by atoms with Crippen LogP contribution >= 0.6 is 11.6 Å². The zero-order valence-electron chi connectivity index (χ0n) is 10.1. The Bertz CT molecular complexity index is 469. The maximum absolute atomic E-state index is 9.48. The van der Waals surface area contributed by atoms with Crippen LogP contribution in [0.4, 0.5) is 0 Å². The Morgan fingerprint density at radius 2 is 1.83 bits per heavy atom. The van der Waals surface area contributed by atoms with Crippen molar-refractivity contribution in [3.05, 3.63) is 35.9 Å². The van der Waals surface area contributed by atoms with Gasteiger partial charge in [-0.2, -0.15) is 10.5 Å². The number of halogens is 1. The van der Waals surface area contributed by atoms with Gasteiger partial charge in [0.2, 0.25) is 0 Å². The van der Waals surface area contributed by atoms with Crippen LogP contribution in [0, 0.1) is 34.0 Å². The number of alkyl halides is 1. The van der Waals surface area contributed by atoms with Gasteiger partial charge in [0, 0.05) is 17.7 Å². The summed E-state index contributed by atoms with van der Waals surface area (Å²) in [5.41, 5.74) is 0.0425. The number of nitriles is 2. The van der Waals surface area contributed by atoms with Crippen molar-refractivity contribution < 1.29 is 0 Å². The molecule has 0 bridgehead atoms. The molecule has 1 fully saturated rings. The fourth-order valence-electron chi connectivity index (χ4n) is 2.79. The largest absolute Gasteiger partial charge is 0.197 e. The molecule has 92 valence electrons. The highest BCUT2D eigenvalue weighted by atomic mass is 35.5. The van der Waals surface area contributed by atoms with Gasteiger partial charge in [-0.05, 0) is 18.4 Å². The molecule has 2 rings (SSSR count). The summed E-state index contributed by atoms with van der Waals surface area (Å²) >= 11 is 6.28. The number of rotatable bonds is 3. The quantitative estimate of drug-likeness (QED) is 0.777. The summed E-state index contributed by atoms with van der Waals surface area (Å²) in [4.78, 5) is 0. The van der Waals surface area contributed by atoms with Crippen LogP contribution in [-0.2, 0) is 6.42 Å². The number of hydrogen-bond acceptors (Lipinski definition) is 2. The molecule has 1 aromatic rings. The van der Waals surface area contributed by atoms with Crippen LogP contribution in [0.5, 0.6) is 0 Å². The fourth-order valence-corrected chi connectivity index (χ4v) is 3.28. The zero-order valence-corrected chi connectivity index (χ0v) is 10.9. The minimum atomic E-state index is -0.982. The summed E-state index contributed by atoms with van der Waals surface area (Å²) in [6.45, 7) is 0. The van der Waals surface area contributed by atoms with Crippen LogP contribution in [0.3, 0.4) is 0 Å². The second-order valence-electron chi connectivity index (χ2n) is 4.91. The first-order valence-corrected chi connectivity index (χ1v) is 6.66. The van der Waals surface area contributed by atoms with Crippen LogP contribution in [0.1, 0.15) is 24.8 Å². The first-order chi connectivity index (χ1) is 8.72. The fraction of sp³-hybridized carbons (Fsp3) is 0.467. The molecule has 1 aliphatic carbocycles. The van der Waals surface area contributed by atoms with E-state index in [-0.39, 0.29) is 11.3 Å². The molecule has 0 aromatic heterocycles. The van der Waals surface area contributed by atoms with Crippen molar-refractivity contribution in [3.8, 4) is 12.1 Å². The molecule has 0 spiro atoms. The normalized spacial score (nSPS) is 23.3. The topological polar surface area (TPSA) is 47.6 Å². The van der Waals surface area contributed by atoms with E-state index in [4.69, 9.17) is 11.6 Å². The molecule has 0 radical (unpaired) electrons. The molecular formula is C15H15ClN2. The lowest BCUT2D eigenvalue weighted by molar-refractivity contribution is 0.324. The maximum atomic E-state index is 9.48. The van der Waals surface area contributed by atoms with E-state index in [1.54, 1.807) is 0 Å². The highest BCUT2D eigenvalue weighted by Crippen LogP contribution is 2.44. The van der Waals surface area contributed by atoms with E-state index in [1.165, 1.54) is 0 Å². The van der Waals surface area contributed by atoms with Gasteiger partial charge >= 0.3 is 0 Å². The third-order valence-corrected chi connectivity index (χ3v) is 4.31. The average Bonchev–Trinajstić information content (AvgIpc) is 2.84. The van der Waals surface area contributed by atoms with Gasteiger partial charge in [0.05, 0.1) is 12.1 Å². The molecule has 1 aliphatic rings. The molecule has 2 atom stereocenters. The van der Waals surface area contributed by atoms with Crippen LogP contribution in [0.2, 0.25) is 0 Å². The molecule has 0 heterocycles. The smallest absolute Gasteiger partial charge is 0.152 e. The molecule has 3 heteroatoms. The van der Waals surface area contributed by atoms with Gasteiger partial charge in [0.1, 0.15) is 0 Å². The third kappa shape index (κ3) is 2.35. The second-order valence-corrected chi connectivity index (χ2v) is 5.47. The second kappa shape index (κ2) is 5.42. The molecule has 0 amide bonds. The van der Waals surface area contributed by atoms with Crippen LogP contribution in [0.25, 0.3) is 0 Å². The lowest BCUT2D eigenvalue weighted by Crippen LogP contribution is -2.33. The van der Waals surface area contributed by atoms with Gasteiger partial charge in [-0.3, -0.25) is 0 Å².